The fourth-order valence-corrected chi connectivity index (χ4v) is 2.56. The number of hydrogen-bond acceptors (Lipinski definition) is 3. The first-order chi connectivity index (χ1) is 8.69. The van der Waals surface area contributed by atoms with Crippen molar-refractivity contribution in [2.75, 3.05) is 32.8 Å². The Balaban J connectivity index is 1.92. The van der Waals surface area contributed by atoms with E-state index >= 15 is 0 Å². The highest BCUT2D eigenvalue weighted by Gasteiger charge is 2.21. The molecule has 1 aliphatic rings. The van der Waals surface area contributed by atoms with Crippen LogP contribution in [0.5, 0.6) is 0 Å². The van der Waals surface area contributed by atoms with Crippen LogP contribution in [0, 0.1) is 0 Å². The maximum Gasteiger partial charge on any atom is 0.0932 e. The molecule has 100 valence electrons. The van der Waals surface area contributed by atoms with Crippen molar-refractivity contribution in [2.45, 2.75) is 18.9 Å². The van der Waals surface area contributed by atoms with Gasteiger partial charge in [-0.3, -0.25) is 4.90 Å². The van der Waals surface area contributed by atoms with Gasteiger partial charge in [0.1, 0.15) is 0 Å². The zero-order chi connectivity index (χ0) is 13.0. The Morgan fingerprint density at radius 2 is 2.39 bits per heavy atom. The van der Waals surface area contributed by atoms with Crippen LogP contribution in [-0.4, -0.2) is 49.0 Å². The summed E-state index contributed by atoms with van der Waals surface area (Å²) >= 11 is 6.01. The highest BCUT2D eigenvalue weighted by Crippen LogP contribution is 2.21. The van der Waals surface area contributed by atoms with Crippen molar-refractivity contribution in [1.82, 2.24) is 4.90 Å². The zero-order valence-electron chi connectivity index (χ0n) is 10.7. The summed E-state index contributed by atoms with van der Waals surface area (Å²) in [5.74, 6) is 0.432. The van der Waals surface area contributed by atoms with Crippen molar-refractivity contribution in [3.8, 4) is 0 Å². The molecule has 18 heavy (non-hydrogen) atoms. The molecular weight excluding hydrogens is 250 g/mol. The van der Waals surface area contributed by atoms with Crippen molar-refractivity contribution >= 4 is 11.6 Å². The third kappa shape index (κ3) is 3.69. The molecule has 1 fully saturated rings. The lowest BCUT2D eigenvalue weighted by atomic mass is 10.0. The average Bonchev–Trinajstić information content (AvgIpc) is 2.39. The Labute approximate surface area is 113 Å². The minimum absolute atomic E-state index is 0.0367. The normalized spacial score (nSPS) is 22.9. The quantitative estimate of drug-likeness (QED) is 0.909. The van der Waals surface area contributed by atoms with Gasteiger partial charge in [0.15, 0.2) is 0 Å². The SMILES string of the molecule is C[C@H](CN1CCO[C@@H](CO)C1)c1cccc(Cl)c1. The molecule has 2 rings (SSSR count). The fourth-order valence-electron chi connectivity index (χ4n) is 2.36. The Morgan fingerprint density at radius 1 is 1.56 bits per heavy atom. The van der Waals surface area contributed by atoms with Crippen LogP contribution >= 0.6 is 11.6 Å². The van der Waals surface area contributed by atoms with Gasteiger partial charge in [-0.15, -0.1) is 0 Å². The van der Waals surface area contributed by atoms with Gasteiger partial charge in [0.2, 0.25) is 0 Å². The molecule has 1 aromatic carbocycles. The molecule has 0 bridgehead atoms. The first kappa shape index (κ1) is 13.8. The highest BCUT2D eigenvalue weighted by atomic mass is 35.5. The summed E-state index contributed by atoms with van der Waals surface area (Å²) in [7, 11) is 0. The van der Waals surface area contributed by atoms with E-state index in [1.165, 1.54) is 5.56 Å². The van der Waals surface area contributed by atoms with Gasteiger partial charge in [0.25, 0.3) is 0 Å². The van der Waals surface area contributed by atoms with E-state index in [9.17, 15) is 0 Å². The molecule has 2 atom stereocenters. The maximum absolute atomic E-state index is 9.13. The minimum atomic E-state index is -0.0367. The number of ether oxygens (including phenoxy) is 1. The minimum Gasteiger partial charge on any atom is -0.394 e. The van der Waals surface area contributed by atoms with E-state index in [0.717, 1.165) is 24.7 Å². The van der Waals surface area contributed by atoms with Crippen LogP contribution in [0.15, 0.2) is 24.3 Å². The number of benzene rings is 1. The van der Waals surface area contributed by atoms with Gasteiger partial charge in [-0.2, -0.15) is 0 Å². The molecule has 0 aliphatic carbocycles. The molecule has 4 heteroatoms. The Bertz CT molecular complexity index is 386. The predicted molar refractivity (Wildman–Crippen MR) is 73.1 cm³/mol. The van der Waals surface area contributed by atoms with E-state index < -0.39 is 0 Å². The van der Waals surface area contributed by atoms with E-state index in [1.807, 2.05) is 18.2 Å². The molecular formula is C14H20ClNO2. The van der Waals surface area contributed by atoms with E-state index in [-0.39, 0.29) is 12.7 Å². The van der Waals surface area contributed by atoms with Crippen LogP contribution in [0.1, 0.15) is 18.4 Å². The number of aliphatic hydroxyl groups is 1. The third-order valence-electron chi connectivity index (χ3n) is 3.38. The van der Waals surface area contributed by atoms with Crippen molar-refractivity contribution in [3.05, 3.63) is 34.9 Å². The molecule has 0 unspecified atom stereocenters. The van der Waals surface area contributed by atoms with Gasteiger partial charge in [0, 0.05) is 24.7 Å². The lowest BCUT2D eigenvalue weighted by molar-refractivity contribution is -0.0536. The summed E-state index contributed by atoms with van der Waals surface area (Å²) in [5, 5.41) is 9.91. The van der Waals surface area contributed by atoms with E-state index in [4.69, 9.17) is 21.4 Å². The van der Waals surface area contributed by atoms with E-state index in [2.05, 4.69) is 17.9 Å². The molecule has 3 nitrogen and oxygen atoms in total. The Kier molecular flexibility index (Phi) is 5.01. The summed E-state index contributed by atoms with van der Waals surface area (Å²) in [4.78, 5) is 2.34. The number of aliphatic hydroxyl groups excluding tert-OH is 1. The lowest BCUT2D eigenvalue weighted by Crippen LogP contribution is -2.45. The molecule has 1 aromatic rings. The van der Waals surface area contributed by atoms with E-state index in [0.29, 0.717) is 12.5 Å². The maximum atomic E-state index is 9.13. The molecule has 0 aromatic heterocycles. The lowest BCUT2D eigenvalue weighted by Gasteiger charge is -2.33. The average molecular weight is 270 g/mol. The molecule has 1 saturated heterocycles. The largest absolute Gasteiger partial charge is 0.394 e. The summed E-state index contributed by atoms with van der Waals surface area (Å²) in [6, 6.07) is 8.02. The van der Waals surface area contributed by atoms with Gasteiger partial charge in [-0.1, -0.05) is 30.7 Å². The van der Waals surface area contributed by atoms with Crippen molar-refractivity contribution in [2.24, 2.45) is 0 Å². The van der Waals surface area contributed by atoms with Crippen molar-refractivity contribution in [3.63, 3.8) is 0 Å². The molecule has 0 spiro atoms. The van der Waals surface area contributed by atoms with Gasteiger partial charge < -0.3 is 9.84 Å². The zero-order valence-corrected chi connectivity index (χ0v) is 11.4. The highest BCUT2D eigenvalue weighted by molar-refractivity contribution is 6.30. The smallest absolute Gasteiger partial charge is 0.0932 e. The van der Waals surface area contributed by atoms with Crippen LogP contribution in [0.4, 0.5) is 0 Å². The van der Waals surface area contributed by atoms with Crippen molar-refractivity contribution in [1.29, 1.82) is 0 Å². The number of nitrogens with zero attached hydrogens (tertiary/aromatic N) is 1. The number of morpholine rings is 1. The van der Waals surface area contributed by atoms with Gasteiger partial charge in [0.05, 0.1) is 19.3 Å². The molecule has 0 radical (unpaired) electrons. The standard InChI is InChI=1S/C14H20ClNO2/c1-11(12-3-2-4-13(15)7-12)8-16-5-6-18-14(9-16)10-17/h2-4,7,11,14,17H,5-6,8-10H2,1H3/t11-,14-/m1/s1. The third-order valence-corrected chi connectivity index (χ3v) is 3.61. The van der Waals surface area contributed by atoms with Crippen LogP contribution in [0.2, 0.25) is 5.02 Å². The van der Waals surface area contributed by atoms with Crippen LogP contribution in [-0.2, 0) is 4.74 Å². The summed E-state index contributed by atoms with van der Waals surface area (Å²) in [6.07, 6.45) is -0.0367. The van der Waals surface area contributed by atoms with Gasteiger partial charge in [-0.25, -0.2) is 0 Å². The fraction of sp³-hybridized carbons (Fsp3) is 0.571. The Hall–Kier alpha value is -0.610. The first-order valence-electron chi connectivity index (χ1n) is 6.39. The van der Waals surface area contributed by atoms with Crippen LogP contribution in [0.3, 0.4) is 0 Å². The summed E-state index contributed by atoms with van der Waals surface area (Å²) in [6.45, 7) is 5.72. The van der Waals surface area contributed by atoms with Crippen LogP contribution < -0.4 is 0 Å². The molecule has 1 N–H and O–H groups in total. The molecule has 1 heterocycles. The van der Waals surface area contributed by atoms with E-state index in [1.54, 1.807) is 0 Å². The number of rotatable bonds is 4. The molecule has 0 amide bonds. The second-order valence-electron chi connectivity index (χ2n) is 4.89. The number of halogens is 1. The molecule has 1 aliphatic heterocycles. The summed E-state index contributed by atoms with van der Waals surface area (Å²) < 4.78 is 5.45. The number of hydrogen-bond donors (Lipinski definition) is 1. The second-order valence-corrected chi connectivity index (χ2v) is 5.33. The Morgan fingerprint density at radius 3 is 3.11 bits per heavy atom. The van der Waals surface area contributed by atoms with Gasteiger partial charge >= 0.3 is 0 Å². The van der Waals surface area contributed by atoms with Crippen LogP contribution in [0.25, 0.3) is 0 Å². The summed E-state index contributed by atoms with van der Waals surface area (Å²) in [5.41, 5.74) is 1.26. The first-order valence-corrected chi connectivity index (χ1v) is 6.77. The topological polar surface area (TPSA) is 32.7 Å². The van der Waals surface area contributed by atoms with Crippen molar-refractivity contribution < 1.29 is 9.84 Å². The van der Waals surface area contributed by atoms with Gasteiger partial charge in [-0.05, 0) is 23.6 Å². The second kappa shape index (κ2) is 6.53. The monoisotopic (exact) mass is 269 g/mol. The predicted octanol–water partition coefficient (Wildman–Crippen LogP) is 2.14. The molecule has 0 saturated carbocycles.